The van der Waals surface area contributed by atoms with Crippen LogP contribution in [0, 0.1) is 10.1 Å². The van der Waals surface area contributed by atoms with Gasteiger partial charge in [0.05, 0.1) is 10.5 Å². The molecule has 0 aliphatic rings. The van der Waals surface area contributed by atoms with E-state index >= 15 is 0 Å². The average molecular weight is 382 g/mol. The van der Waals surface area contributed by atoms with Gasteiger partial charge in [-0.2, -0.15) is 22.0 Å². The van der Waals surface area contributed by atoms with Crippen LogP contribution in [0.2, 0.25) is 5.02 Å². The quantitative estimate of drug-likeness (QED) is 0.475. The second kappa shape index (κ2) is 6.23. The van der Waals surface area contributed by atoms with Crippen LogP contribution < -0.4 is 0 Å². The van der Waals surface area contributed by atoms with Gasteiger partial charge in [-0.15, -0.1) is 0 Å². The van der Waals surface area contributed by atoms with E-state index in [2.05, 4.69) is 0 Å². The molecule has 0 bridgehead atoms. The third-order valence-corrected chi connectivity index (χ3v) is 3.89. The Morgan fingerprint density at radius 3 is 1.88 bits per heavy atom. The number of nitrogens with zero attached hydrogens (tertiary/aromatic N) is 1. The minimum atomic E-state index is -6.20. The molecule has 0 amide bonds. The van der Waals surface area contributed by atoms with Gasteiger partial charge in [0.1, 0.15) is 0 Å². The molecule has 1 unspecified atom stereocenters. The third-order valence-electron chi connectivity index (χ3n) is 3.56. The summed E-state index contributed by atoms with van der Waals surface area (Å²) >= 11 is 5.72. The van der Waals surface area contributed by atoms with Crippen LogP contribution in [0.4, 0.5) is 27.6 Å². The van der Waals surface area contributed by atoms with E-state index in [4.69, 9.17) is 11.6 Å². The van der Waals surface area contributed by atoms with Gasteiger partial charge < -0.3 is 5.11 Å². The van der Waals surface area contributed by atoms with E-state index in [1.165, 1.54) is 6.07 Å². The molecule has 4 nitrogen and oxygen atoms in total. The van der Waals surface area contributed by atoms with Gasteiger partial charge in [-0.05, 0) is 12.1 Å². The Morgan fingerprint density at radius 1 is 0.920 bits per heavy atom. The number of nitro groups is 1. The van der Waals surface area contributed by atoms with Crippen LogP contribution in [0.3, 0.4) is 0 Å². The summed E-state index contributed by atoms with van der Waals surface area (Å²) in [6.07, 6.45) is -6.20. The summed E-state index contributed by atoms with van der Waals surface area (Å²) in [5.41, 5.74) is -7.44. The van der Waals surface area contributed by atoms with E-state index in [1.54, 1.807) is 0 Å². The molecule has 0 radical (unpaired) electrons. The van der Waals surface area contributed by atoms with E-state index in [1.807, 2.05) is 0 Å². The molecule has 134 valence electrons. The van der Waals surface area contributed by atoms with Gasteiger partial charge in [0, 0.05) is 16.7 Å². The topological polar surface area (TPSA) is 63.4 Å². The van der Waals surface area contributed by atoms with Gasteiger partial charge in [0.25, 0.3) is 5.69 Å². The normalized spacial score (nSPS) is 14.8. The molecule has 10 heteroatoms. The van der Waals surface area contributed by atoms with Crippen molar-refractivity contribution in [2.45, 2.75) is 17.7 Å². The molecule has 2 aromatic rings. The smallest absolute Gasteiger partial charge is 0.374 e. The summed E-state index contributed by atoms with van der Waals surface area (Å²) in [6, 6.07) is 7.47. The van der Waals surface area contributed by atoms with Crippen molar-refractivity contribution in [3.8, 4) is 0 Å². The number of hydrogen-bond donors (Lipinski definition) is 1. The monoisotopic (exact) mass is 381 g/mol. The van der Waals surface area contributed by atoms with Gasteiger partial charge in [0.15, 0.2) is 5.60 Å². The zero-order chi connectivity index (χ0) is 19.0. The van der Waals surface area contributed by atoms with E-state index in [-0.39, 0.29) is 0 Å². The predicted molar refractivity (Wildman–Crippen MR) is 78.5 cm³/mol. The lowest BCUT2D eigenvalue weighted by atomic mass is 9.79. The van der Waals surface area contributed by atoms with Crippen molar-refractivity contribution in [1.82, 2.24) is 0 Å². The fourth-order valence-corrected chi connectivity index (χ4v) is 2.65. The minimum Gasteiger partial charge on any atom is -0.374 e. The molecular weight excluding hydrogens is 373 g/mol. The van der Waals surface area contributed by atoms with Crippen LogP contribution in [0.5, 0.6) is 0 Å². The molecule has 0 spiro atoms. The lowest BCUT2D eigenvalue weighted by Gasteiger charge is -2.37. The van der Waals surface area contributed by atoms with Crippen molar-refractivity contribution in [3.05, 3.63) is 74.8 Å². The lowest BCUT2D eigenvalue weighted by molar-refractivity contribution is -0.389. The van der Waals surface area contributed by atoms with Gasteiger partial charge in [-0.1, -0.05) is 41.9 Å². The molecule has 1 N–H and O–H groups in total. The van der Waals surface area contributed by atoms with Crippen LogP contribution >= 0.6 is 11.6 Å². The first-order chi connectivity index (χ1) is 11.4. The van der Waals surface area contributed by atoms with E-state index in [9.17, 15) is 37.2 Å². The van der Waals surface area contributed by atoms with Crippen LogP contribution in [0.1, 0.15) is 11.1 Å². The van der Waals surface area contributed by atoms with E-state index in [0.29, 0.717) is 12.1 Å². The molecule has 0 aliphatic heterocycles. The van der Waals surface area contributed by atoms with Gasteiger partial charge in [-0.25, -0.2) is 0 Å². The fraction of sp³-hybridized carbons (Fsp3) is 0.200. The maximum atomic E-state index is 14.3. The van der Waals surface area contributed by atoms with Crippen LogP contribution in [0.15, 0.2) is 48.5 Å². The van der Waals surface area contributed by atoms with Crippen molar-refractivity contribution >= 4 is 17.3 Å². The Kier molecular flexibility index (Phi) is 4.75. The Morgan fingerprint density at radius 2 is 1.40 bits per heavy atom. The van der Waals surface area contributed by atoms with Crippen molar-refractivity contribution in [2.75, 3.05) is 0 Å². The maximum absolute atomic E-state index is 14.3. The van der Waals surface area contributed by atoms with Crippen LogP contribution in [-0.2, 0) is 5.60 Å². The van der Waals surface area contributed by atoms with Crippen molar-refractivity contribution < 1.29 is 32.0 Å². The number of rotatable bonds is 4. The molecule has 0 saturated carbocycles. The minimum absolute atomic E-state index is 0.605. The zero-order valence-corrected chi connectivity index (χ0v) is 12.9. The van der Waals surface area contributed by atoms with Crippen LogP contribution in [0.25, 0.3) is 0 Å². The highest BCUT2D eigenvalue weighted by atomic mass is 35.5. The summed E-state index contributed by atoms with van der Waals surface area (Å²) in [6.45, 7) is 0. The van der Waals surface area contributed by atoms with Crippen molar-refractivity contribution in [1.29, 1.82) is 0 Å². The highest BCUT2D eigenvalue weighted by molar-refractivity contribution is 6.31. The summed E-state index contributed by atoms with van der Waals surface area (Å²) in [5, 5.41) is 21.1. The third kappa shape index (κ3) is 2.93. The number of halogens is 6. The Bertz CT molecular complexity index is 812. The first kappa shape index (κ1) is 19.1. The SMILES string of the molecule is O=[N+]([O-])c1ccccc1C(O)(c1ccccc1Cl)C(F)(F)C(F)(F)F. The summed E-state index contributed by atoms with van der Waals surface area (Å²) < 4.78 is 67.8. The molecule has 2 aromatic carbocycles. The van der Waals surface area contributed by atoms with Gasteiger partial charge in [0.2, 0.25) is 0 Å². The molecule has 0 saturated heterocycles. The average Bonchev–Trinajstić information content (AvgIpc) is 2.53. The van der Waals surface area contributed by atoms with Crippen LogP contribution in [-0.4, -0.2) is 22.1 Å². The molecular formula is C15H9ClF5NO3. The first-order valence-electron chi connectivity index (χ1n) is 6.60. The molecule has 1 atom stereocenters. The van der Waals surface area contributed by atoms with Gasteiger partial charge >= 0.3 is 12.1 Å². The van der Waals surface area contributed by atoms with Gasteiger partial charge in [-0.3, -0.25) is 10.1 Å². The fourth-order valence-electron chi connectivity index (χ4n) is 2.38. The molecule has 25 heavy (non-hydrogen) atoms. The van der Waals surface area contributed by atoms with E-state index in [0.717, 1.165) is 30.3 Å². The standard InChI is InChI=1S/C15H9ClF5NO3/c16-11-7-3-1-5-9(11)13(23,14(17,18)15(19,20)21)10-6-2-4-8-12(10)22(24)25/h1-8,23H. The highest BCUT2D eigenvalue weighted by Crippen LogP contribution is 2.54. The summed E-state index contributed by atoms with van der Waals surface area (Å²) in [7, 11) is 0. The Hall–Kier alpha value is -2.26. The Balaban J connectivity index is 2.94. The number of nitro benzene ring substituents is 1. The summed E-state index contributed by atoms with van der Waals surface area (Å²) in [4.78, 5) is 9.93. The molecule has 0 aromatic heterocycles. The highest BCUT2D eigenvalue weighted by Gasteiger charge is 2.72. The second-order valence-corrected chi connectivity index (χ2v) is 5.44. The number of hydrogen-bond acceptors (Lipinski definition) is 3. The molecule has 0 heterocycles. The maximum Gasteiger partial charge on any atom is 0.457 e. The number of para-hydroxylation sites is 1. The largest absolute Gasteiger partial charge is 0.457 e. The summed E-state index contributed by atoms with van der Waals surface area (Å²) in [5.74, 6) is -5.77. The molecule has 0 fully saturated rings. The Labute approximate surface area is 142 Å². The second-order valence-electron chi connectivity index (χ2n) is 5.04. The zero-order valence-electron chi connectivity index (χ0n) is 12.1. The molecule has 2 rings (SSSR count). The number of aliphatic hydroxyl groups is 1. The predicted octanol–water partition coefficient (Wildman–Crippen LogP) is 4.68. The number of benzene rings is 2. The van der Waals surface area contributed by atoms with E-state index < -0.39 is 44.5 Å². The van der Waals surface area contributed by atoms with Crippen molar-refractivity contribution in [3.63, 3.8) is 0 Å². The first-order valence-corrected chi connectivity index (χ1v) is 6.98. The molecule has 0 aliphatic carbocycles. The van der Waals surface area contributed by atoms with Crippen molar-refractivity contribution in [2.24, 2.45) is 0 Å². The number of alkyl halides is 5. The lowest BCUT2D eigenvalue weighted by Crippen LogP contribution is -2.55.